The molecule has 0 aromatic heterocycles. The maximum Gasteiger partial charge on any atom is 0.0319 e. The van der Waals surface area contributed by atoms with Crippen molar-refractivity contribution >= 4 is 6.08 Å². The van der Waals surface area contributed by atoms with Gasteiger partial charge in [-0.1, -0.05) is 74.7 Å². The summed E-state index contributed by atoms with van der Waals surface area (Å²) < 4.78 is 0. The maximum absolute atomic E-state index is 7.00. The molecule has 1 nitrogen and oxygen atoms in total. The number of aliphatic hydroxyl groups excluding tert-OH is 1. The Kier molecular flexibility index (Phi) is 28.1. The van der Waals surface area contributed by atoms with Crippen molar-refractivity contribution in [1.29, 1.82) is 0 Å². The third-order valence-electron chi connectivity index (χ3n) is 2.37. The number of allylic oxidation sites excluding steroid dienone is 2. The molecule has 0 saturated carbocycles. The van der Waals surface area contributed by atoms with Crippen LogP contribution < -0.4 is 0 Å². The Hall–Kier alpha value is -0.846. The molecular weight excluding hydrogens is 291 g/mol. The molecule has 0 aliphatic heterocycles. The molecule has 0 aliphatic carbocycles. The first-order valence-electron chi connectivity index (χ1n) is 6.91. The molecule has 2 heteroatoms. The van der Waals surface area contributed by atoms with E-state index in [0.29, 0.717) is 0 Å². The molecule has 117 valence electrons. The number of unbranched alkanes of at least 4 members (excludes halogenated alkanes) is 4. The van der Waals surface area contributed by atoms with Crippen LogP contribution >= 0.6 is 0 Å². The molecule has 0 atom stereocenters. The quantitative estimate of drug-likeness (QED) is 0.429. The maximum atomic E-state index is 7.00. The zero-order valence-electron chi connectivity index (χ0n) is 12.8. The van der Waals surface area contributed by atoms with Gasteiger partial charge in [-0.15, -0.1) is 6.58 Å². The smallest absolute Gasteiger partial charge is 0.0319 e. The van der Waals surface area contributed by atoms with E-state index in [1.54, 1.807) is 6.08 Å². The molecule has 0 amide bonds. The fraction of sp³-hybridized carbons (Fsp3) is 0.389. The Labute approximate surface area is 135 Å². The van der Waals surface area contributed by atoms with E-state index in [2.05, 4.69) is 20.4 Å². The first-order chi connectivity index (χ1) is 9.35. The van der Waals surface area contributed by atoms with Gasteiger partial charge in [-0.05, 0) is 25.3 Å². The predicted molar refractivity (Wildman–Crippen MR) is 87.9 cm³/mol. The summed E-state index contributed by atoms with van der Waals surface area (Å²) in [7, 11) is 1.00. The van der Waals surface area contributed by atoms with Crippen LogP contribution in [0.25, 0.3) is 6.08 Å². The van der Waals surface area contributed by atoms with Crippen molar-refractivity contribution in [3.8, 4) is 0 Å². The van der Waals surface area contributed by atoms with Gasteiger partial charge in [0.2, 0.25) is 0 Å². The van der Waals surface area contributed by atoms with Crippen molar-refractivity contribution in [3.63, 3.8) is 0 Å². The van der Waals surface area contributed by atoms with Gasteiger partial charge >= 0.3 is 0 Å². The van der Waals surface area contributed by atoms with Gasteiger partial charge in [0.05, 0.1) is 0 Å². The number of rotatable bonds is 6. The molecule has 0 saturated heterocycles. The molecule has 1 rings (SSSR count). The number of hydrogen-bond acceptors (Lipinski definition) is 1. The van der Waals surface area contributed by atoms with Gasteiger partial charge in [-0.3, -0.25) is 0 Å². The van der Waals surface area contributed by atoms with E-state index in [1.165, 1.54) is 37.7 Å². The third kappa shape index (κ3) is 19.5. The Morgan fingerprint density at radius 3 is 2.10 bits per heavy atom. The summed E-state index contributed by atoms with van der Waals surface area (Å²) in [6.45, 7) is 9.49. The van der Waals surface area contributed by atoms with Crippen LogP contribution in [0.1, 0.15) is 44.6 Å². The van der Waals surface area contributed by atoms with E-state index in [1.807, 2.05) is 42.5 Å². The van der Waals surface area contributed by atoms with Crippen molar-refractivity contribution < 1.29 is 21.6 Å². The van der Waals surface area contributed by atoms with E-state index in [0.717, 1.165) is 7.11 Å². The standard InChI is InChI=1S/C9H9.C8H16.CH4O.Ni/c1-2-6-9-7-4-3-5-8-9;1-3-5-7-8-6-4-2;1-2;/h2-8H,1H2;3H,1,4-8H2,2H3;2H,1H3;/b6-2+;;;. The van der Waals surface area contributed by atoms with Gasteiger partial charge in [0.15, 0.2) is 0 Å². The Morgan fingerprint density at radius 2 is 1.65 bits per heavy atom. The Bertz CT molecular complexity index is 294. The molecule has 0 aliphatic rings. The fourth-order valence-electron chi connectivity index (χ4n) is 1.42. The van der Waals surface area contributed by atoms with Crippen LogP contribution in [0.4, 0.5) is 0 Å². The zero-order valence-corrected chi connectivity index (χ0v) is 13.8. The van der Waals surface area contributed by atoms with Gasteiger partial charge < -0.3 is 5.11 Å². The van der Waals surface area contributed by atoms with Crippen LogP contribution in [0.5, 0.6) is 0 Å². The van der Waals surface area contributed by atoms with Crippen LogP contribution in [0.15, 0.2) is 49.1 Å². The van der Waals surface area contributed by atoms with Crippen LogP contribution in [-0.4, -0.2) is 12.2 Å². The molecule has 0 fully saturated rings. The number of aliphatic hydroxyl groups is 1. The monoisotopic (exact) mass is 319 g/mol. The van der Waals surface area contributed by atoms with E-state index in [9.17, 15) is 0 Å². The van der Waals surface area contributed by atoms with Gasteiger partial charge in [-0.25, -0.2) is 0 Å². The minimum Gasteiger partial charge on any atom is -0.400 e. The van der Waals surface area contributed by atoms with Gasteiger partial charge in [0.1, 0.15) is 0 Å². The summed E-state index contributed by atoms with van der Waals surface area (Å²) in [4.78, 5) is 0. The fourth-order valence-corrected chi connectivity index (χ4v) is 1.42. The SMILES string of the molecule is C=CCCCCCC.CO.[CH2]/C=C/c1ccccc1.[Ni]. The molecule has 0 heterocycles. The van der Waals surface area contributed by atoms with Gasteiger partial charge in [-0.2, -0.15) is 0 Å². The van der Waals surface area contributed by atoms with Crippen molar-refractivity contribution in [3.05, 3.63) is 61.5 Å². The summed E-state index contributed by atoms with van der Waals surface area (Å²) in [5, 5.41) is 7.00. The summed E-state index contributed by atoms with van der Waals surface area (Å²) >= 11 is 0. The first-order valence-corrected chi connectivity index (χ1v) is 6.91. The summed E-state index contributed by atoms with van der Waals surface area (Å²) in [6, 6.07) is 10.1. The van der Waals surface area contributed by atoms with E-state index >= 15 is 0 Å². The molecule has 1 aromatic rings. The number of hydrogen-bond donors (Lipinski definition) is 1. The molecule has 0 bridgehead atoms. The van der Waals surface area contributed by atoms with E-state index in [4.69, 9.17) is 5.11 Å². The summed E-state index contributed by atoms with van der Waals surface area (Å²) in [5.41, 5.74) is 1.20. The Morgan fingerprint density at radius 1 is 1.05 bits per heavy atom. The second kappa shape index (κ2) is 23.3. The van der Waals surface area contributed by atoms with Crippen LogP contribution in [0, 0.1) is 6.92 Å². The summed E-state index contributed by atoms with van der Waals surface area (Å²) in [6.07, 6.45) is 12.4. The molecule has 0 unspecified atom stereocenters. The minimum absolute atomic E-state index is 0. The van der Waals surface area contributed by atoms with E-state index in [-0.39, 0.29) is 16.5 Å². The minimum atomic E-state index is 0. The second-order valence-corrected chi connectivity index (χ2v) is 3.95. The zero-order chi connectivity index (χ0) is 14.8. The third-order valence-corrected chi connectivity index (χ3v) is 2.37. The molecule has 1 radical (unpaired) electrons. The van der Waals surface area contributed by atoms with Gasteiger partial charge in [0.25, 0.3) is 0 Å². The topological polar surface area (TPSA) is 20.2 Å². The number of benzene rings is 1. The summed E-state index contributed by atoms with van der Waals surface area (Å²) in [5.74, 6) is 0. The Balaban J connectivity index is -0.000000248. The van der Waals surface area contributed by atoms with E-state index < -0.39 is 0 Å². The van der Waals surface area contributed by atoms with Gasteiger partial charge in [0, 0.05) is 23.6 Å². The average molecular weight is 320 g/mol. The van der Waals surface area contributed by atoms with Crippen molar-refractivity contribution in [2.45, 2.75) is 39.0 Å². The van der Waals surface area contributed by atoms with Crippen molar-refractivity contribution in [2.75, 3.05) is 7.11 Å². The molecular formula is C18H29NiO. The van der Waals surface area contributed by atoms with Crippen LogP contribution in [0.2, 0.25) is 0 Å². The largest absolute Gasteiger partial charge is 0.400 e. The predicted octanol–water partition coefficient (Wildman–Crippen LogP) is 5.28. The normalized spacial score (nSPS) is 8.60. The molecule has 1 aromatic carbocycles. The average Bonchev–Trinajstić information content (AvgIpc) is 2.48. The first kappa shape index (κ1) is 24.2. The van der Waals surface area contributed by atoms with Crippen LogP contribution in [0.3, 0.4) is 0 Å². The molecule has 1 N–H and O–H groups in total. The van der Waals surface area contributed by atoms with Crippen molar-refractivity contribution in [1.82, 2.24) is 0 Å². The second-order valence-electron chi connectivity index (χ2n) is 3.95. The van der Waals surface area contributed by atoms with Crippen molar-refractivity contribution in [2.24, 2.45) is 0 Å². The molecule has 20 heavy (non-hydrogen) atoms. The molecule has 0 spiro atoms. The van der Waals surface area contributed by atoms with Crippen LogP contribution in [-0.2, 0) is 16.5 Å².